The molecule has 100 valence electrons. The fourth-order valence-electron chi connectivity index (χ4n) is 1.88. The highest BCUT2D eigenvalue weighted by molar-refractivity contribution is 7.80. The SMILES string of the molecule is COCC(C)NC(=S)Nc1cccc2cccnc12. The standard InChI is InChI=1S/C14H17N3OS/c1-10(9-18-2)16-14(19)17-12-7-3-5-11-6-4-8-15-13(11)12/h3-8,10H,9H2,1-2H3,(H2,16,17,19). The van der Waals surface area contributed by atoms with Crippen molar-refractivity contribution in [2.45, 2.75) is 13.0 Å². The number of para-hydroxylation sites is 1. The summed E-state index contributed by atoms with van der Waals surface area (Å²) in [6.07, 6.45) is 1.78. The topological polar surface area (TPSA) is 46.2 Å². The Morgan fingerprint density at radius 3 is 2.95 bits per heavy atom. The third kappa shape index (κ3) is 3.62. The summed E-state index contributed by atoms with van der Waals surface area (Å²) in [6, 6.07) is 10.1. The highest BCUT2D eigenvalue weighted by Gasteiger charge is 2.06. The van der Waals surface area contributed by atoms with Gasteiger partial charge in [-0.1, -0.05) is 18.2 Å². The lowest BCUT2D eigenvalue weighted by atomic mass is 10.2. The average molecular weight is 275 g/mol. The predicted molar refractivity (Wildman–Crippen MR) is 82.4 cm³/mol. The van der Waals surface area contributed by atoms with Gasteiger partial charge in [0, 0.05) is 24.7 Å². The van der Waals surface area contributed by atoms with E-state index in [2.05, 4.69) is 15.6 Å². The second-order valence-electron chi connectivity index (χ2n) is 4.34. The van der Waals surface area contributed by atoms with Crippen molar-refractivity contribution in [2.24, 2.45) is 0 Å². The van der Waals surface area contributed by atoms with Gasteiger partial charge < -0.3 is 15.4 Å². The van der Waals surface area contributed by atoms with Crippen molar-refractivity contribution in [2.75, 3.05) is 19.0 Å². The van der Waals surface area contributed by atoms with Gasteiger partial charge in [-0.2, -0.15) is 0 Å². The van der Waals surface area contributed by atoms with Crippen molar-refractivity contribution >= 4 is 33.9 Å². The number of fused-ring (bicyclic) bond motifs is 1. The number of aromatic nitrogens is 1. The van der Waals surface area contributed by atoms with Gasteiger partial charge in [0.25, 0.3) is 0 Å². The number of hydrogen-bond donors (Lipinski definition) is 2. The molecule has 2 aromatic rings. The Balaban J connectivity index is 2.11. The van der Waals surface area contributed by atoms with Gasteiger partial charge in [-0.25, -0.2) is 0 Å². The van der Waals surface area contributed by atoms with E-state index in [1.54, 1.807) is 13.3 Å². The normalized spacial score (nSPS) is 12.1. The first-order chi connectivity index (χ1) is 9.20. The molecule has 1 unspecified atom stereocenters. The Kier molecular flexibility index (Phi) is 4.65. The van der Waals surface area contributed by atoms with Crippen LogP contribution >= 0.6 is 12.2 Å². The fraction of sp³-hybridized carbons (Fsp3) is 0.286. The van der Waals surface area contributed by atoms with E-state index in [1.165, 1.54) is 0 Å². The molecule has 0 saturated carbocycles. The van der Waals surface area contributed by atoms with Crippen molar-refractivity contribution in [3.05, 3.63) is 36.5 Å². The molecule has 1 heterocycles. The van der Waals surface area contributed by atoms with E-state index in [-0.39, 0.29) is 6.04 Å². The number of nitrogens with zero attached hydrogens (tertiary/aromatic N) is 1. The minimum absolute atomic E-state index is 0.160. The van der Waals surface area contributed by atoms with Crippen LogP contribution in [-0.2, 0) is 4.74 Å². The summed E-state index contributed by atoms with van der Waals surface area (Å²) >= 11 is 5.28. The molecule has 0 spiro atoms. The minimum atomic E-state index is 0.160. The Morgan fingerprint density at radius 2 is 2.16 bits per heavy atom. The smallest absolute Gasteiger partial charge is 0.171 e. The number of anilines is 1. The molecular formula is C14H17N3OS. The zero-order chi connectivity index (χ0) is 13.7. The van der Waals surface area contributed by atoms with Gasteiger partial charge in [0.05, 0.1) is 17.8 Å². The van der Waals surface area contributed by atoms with Crippen molar-refractivity contribution in [1.82, 2.24) is 10.3 Å². The number of methoxy groups -OCH3 is 1. The molecule has 1 aromatic carbocycles. The highest BCUT2D eigenvalue weighted by atomic mass is 32.1. The lowest BCUT2D eigenvalue weighted by Gasteiger charge is -2.16. The molecular weight excluding hydrogens is 258 g/mol. The van der Waals surface area contributed by atoms with Crippen LogP contribution in [0.15, 0.2) is 36.5 Å². The number of thiocarbonyl (C=S) groups is 1. The van der Waals surface area contributed by atoms with Crippen LogP contribution in [0.2, 0.25) is 0 Å². The Bertz CT molecular complexity index is 568. The molecule has 0 radical (unpaired) electrons. The third-order valence-electron chi connectivity index (χ3n) is 2.68. The summed E-state index contributed by atoms with van der Waals surface area (Å²) in [7, 11) is 1.67. The summed E-state index contributed by atoms with van der Waals surface area (Å²) in [4.78, 5) is 4.38. The zero-order valence-corrected chi connectivity index (χ0v) is 11.8. The molecule has 0 amide bonds. The molecule has 0 aliphatic carbocycles. The second-order valence-corrected chi connectivity index (χ2v) is 4.74. The lowest BCUT2D eigenvalue weighted by molar-refractivity contribution is 0.179. The Hall–Kier alpha value is -1.72. The summed E-state index contributed by atoms with van der Waals surface area (Å²) in [5.74, 6) is 0. The first kappa shape index (κ1) is 13.7. The van der Waals surface area contributed by atoms with Crippen LogP contribution in [0.1, 0.15) is 6.92 Å². The number of nitrogens with one attached hydrogen (secondary N) is 2. The van der Waals surface area contributed by atoms with Crippen LogP contribution in [0.5, 0.6) is 0 Å². The number of hydrogen-bond acceptors (Lipinski definition) is 3. The zero-order valence-electron chi connectivity index (χ0n) is 11.0. The summed E-state index contributed by atoms with van der Waals surface area (Å²) in [5, 5.41) is 7.99. The van der Waals surface area contributed by atoms with Crippen LogP contribution in [0.25, 0.3) is 10.9 Å². The molecule has 2 rings (SSSR count). The first-order valence-corrected chi connectivity index (χ1v) is 6.51. The van der Waals surface area contributed by atoms with Gasteiger partial charge in [0.15, 0.2) is 5.11 Å². The predicted octanol–water partition coefficient (Wildman–Crippen LogP) is 2.56. The van der Waals surface area contributed by atoms with E-state index < -0.39 is 0 Å². The van der Waals surface area contributed by atoms with Crippen molar-refractivity contribution in [3.8, 4) is 0 Å². The molecule has 0 fully saturated rings. The molecule has 5 heteroatoms. The van der Waals surface area contributed by atoms with E-state index in [9.17, 15) is 0 Å². The van der Waals surface area contributed by atoms with Crippen LogP contribution < -0.4 is 10.6 Å². The number of pyridine rings is 1. The Labute approximate surface area is 118 Å². The third-order valence-corrected chi connectivity index (χ3v) is 2.89. The van der Waals surface area contributed by atoms with Gasteiger partial charge in [-0.3, -0.25) is 4.98 Å². The molecule has 0 aliphatic heterocycles. The molecule has 19 heavy (non-hydrogen) atoms. The minimum Gasteiger partial charge on any atom is -0.383 e. The maximum absolute atomic E-state index is 5.28. The largest absolute Gasteiger partial charge is 0.383 e. The number of benzene rings is 1. The van der Waals surface area contributed by atoms with Gasteiger partial charge >= 0.3 is 0 Å². The highest BCUT2D eigenvalue weighted by Crippen LogP contribution is 2.20. The Morgan fingerprint density at radius 1 is 1.37 bits per heavy atom. The van der Waals surface area contributed by atoms with Gasteiger partial charge in [-0.15, -0.1) is 0 Å². The van der Waals surface area contributed by atoms with E-state index in [1.807, 2.05) is 37.3 Å². The van der Waals surface area contributed by atoms with Crippen LogP contribution in [0, 0.1) is 0 Å². The average Bonchev–Trinajstić information content (AvgIpc) is 2.39. The van der Waals surface area contributed by atoms with Crippen molar-refractivity contribution < 1.29 is 4.74 Å². The molecule has 2 N–H and O–H groups in total. The fourth-order valence-corrected chi connectivity index (χ4v) is 2.19. The van der Waals surface area contributed by atoms with Gasteiger partial charge in [0.1, 0.15) is 0 Å². The van der Waals surface area contributed by atoms with E-state index in [0.717, 1.165) is 16.6 Å². The van der Waals surface area contributed by atoms with E-state index in [4.69, 9.17) is 17.0 Å². The molecule has 1 aromatic heterocycles. The van der Waals surface area contributed by atoms with Crippen LogP contribution in [0.3, 0.4) is 0 Å². The number of ether oxygens (including phenoxy) is 1. The molecule has 0 saturated heterocycles. The van der Waals surface area contributed by atoms with Crippen LogP contribution in [0.4, 0.5) is 5.69 Å². The van der Waals surface area contributed by atoms with E-state index >= 15 is 0 Å². The molecule has 0 bridgehead atoms. The summed E-state index contributed by atoms with van der Waals surface area (Å²) < 4.78 is 5.06. The summed E-state index contributed by atoms with van der Waals surface area (Å²) in [5.41, 5.74) is 1.81. The number of rotatable bonds is 4. The monoisotopic (exact) mass is 275 g/mol. The van der Waals surface area contributed by atoms with Gasteiger partial charge in [-0.05, 0) is 31.3 Å². The van der Waals surface area contributed by atoms with Crippen molar-refractivity contribution in [3.63, 3.8) is 0 Å². The first-order valence-electron chi connectivity index (χ1n) is 6.11. The maximum atomic E-state index is 5.28. The molecule has 4 nitrogen and oxygen atoms in total. The van der Waals surface area contributed by atoms with Crippen LogP contribution in [-0.4, -0.2) is 29.9 Å². The lowest BCUT2D eigenvalue weighted by Crippen LogP contribution is -2.38. The maximum Gasteiger partial charge on any atom is 0.171 e. The van der Waals surface area contributed by atoms with Crippen molar-refractivity contribution in [1.29, 1.82) is 0 Å². The quantitative estimate of drug-likeness (QED) is 0.840. The summed E-state index contributed by atoms with van der Waals surface area (Å²) in [6.45, 7) is 2.62. The second kappa shape index (κ2) is 6.45. The van der Waals surface area contributed by atoms with E-state index in [0.29, 0.717) is 11.7 Å². The molecule has 0 aliphatic rings. The molecule has 1 atom stereocenters. The van der Waals surface area contributed by atoms with Gasteiger partial charge in [0.2, 0.25) is 0 Å².